The van der Waals surface area contributed by atoms with Crippen molar-refractivity contribution in [1.82, 2.24) is 0 Å². The van der Waals surface area contributed by atoms with Gasteiger partial charge in [0.15, 0.2) is 0 Å². The summed E-state index contributed by atoms with van der Waals surface area (Å²) in [6, 6.07) is 12.6. The molecule has 0 bridgehead atoms. The van der Waals surface area contributed by atoms with Crippen LogP contribution in [0.2, 0.25) is 0 Å². The zero-order valence-electron chi connectivity index (χ0n) is 10.7. The third kappa shape index (κ3) is 3.61. The molecule has 0 saturated carbocycles. The number of nitro benzene ring substituents is 1. The number of nitro groups is 1. The fraction of sp³-hybridized carbons (Fsp3) is 0.200. The Labute approximate surface area is 115 Å². The SMILES string of the molecule is O=[N+]([O-])c1cc(F)cc(CCC(O)c2ccccc2)c1. The maximum Gasteiger partial charge on any atom is 0.272 e. The van der Waals surface area contributed by atoms with E-state index in [2.05, 4.69) is 0 Å². The predicted octanol–water partition coefficient (Wildman–Crippen LogP) is 3.40. The van der Waals surface area contributed by atoms with Gasteiger partial charge in [0.25, 0.3) is 5.69 Å². The molecule has 0 aliphatic heterocycles. The Balaban J connectivity index is 2.06. The van der Waals surface area contributed by atoms with Crippen LogP contribution in [0.25, 0.3) is 0 Å². The molecule has 0 amide bonds. The van der Waals surface area contributed by atoms with Crippen molar-refractivity contribution in [1.29, 1.82) is 0 Å². The summed E-state index contributed by atoms with van der Waals surface area (Å²) < 4.78 is 13.3. The minimum Gasteiger partial charge on any atom is -0.388 e. The summed E-state index contributed by atoms with van der Waals surface area (Å²) in [6.45, 7) is 0. The monoisotopic (exact) mass is 275 g/mol. The van der Waals surface area contributed by atoms with E-state index in [9.17, 15) is 19.6 Å². The Hall–Kier alpha value is -2.27. The van der Waals surface area contributed by atoms with Crippen LogP contribution >= 0.6 is 0 Å². The van der Waals surface area contributed by atoms with Crippen molar-refractivity contribution in [3.63, 3.8) is 0 Å². The number of hydrogen-bond acceptors (Lipinski definition) is 3. The highest BCUT2D eigenvalue weighted by Gasteiger charge is 2.12. The average molecular weight is 275 g/mol. The Morgan fingerprint density at radius 2 is 1.90 bits per heavy atom. The zero-order chi connectivity index (χ0) is 14.5. The summed E-state index contributed by atoms with van der Waals surface area (Å²) in [4.78, 5) is 10.0. The fourth-order valence-electron chi connectivity index (χ4n) is 2.03. The molecular weight excluding hydrogens is 261 g/mol. The van der Waals surface area contributed by atoms with Gasteiger partial charge in [-0.15, -0.1) is 0 Å². The number of aliphatic hydroxyl groups is 1. The second kappa shape index (κ2) is 6.25. The molecule has 2 aromatic carbocycles. The van der Waals surface area contributed by atoms with Crippen LogP contribution in [0.15, 0.2) is 48.5 Å². The first-order chi connectivity index (χ1) is 9.56. The van der Waals surface area contributed by atoms with Crippen molar-refractivity contribution in [2.45, 2.75) is 18.9 Å². The Kier molecular flexibility index (Phi) is 4.42. The molecule has 0 aliphatic carbocycles. The van der Waals surface area contributed by atoms with Crippen LogP contribution in [0.3, 0.4) is 0 Å². The van der Waals surface area contributed by atoms with E-state index in [1.54, 1.807) is 12.1 Å². The summed E-state index contributed by atoms with van der Waals surface area (Å²) in [5.74, 6) is -0.636. The first-order valence-corrected chi connectivity index (χ1v) is 6.23. The predicted molar refractivity (Wildman–Crippen MR) is 72.8 cm³/mol. The quantitative estimate of drug-likeness (QED) is 0.672. The van der Waals surface area contributed by atoms with Crippen LogP contribution in [0.4, 0.5) is 10.1 Å². The van der Waals surface area contributed by atoms with Crippen molar-refractivity contribution in [2.24, 2.45) is 0 Å². The number of halogens is 1. The van der Waals surface area contributed by atoms with E-state index in [1.165, 1.54) is 12.1 Å². The molecule has 1 N–H and O–H groups in total. The van der Waals surface area contributed by atoms with Gasteiger partial charge in [0.05, 0.1) is 17.1 Å². The summed E-state index contributed by atoms with van der Waals surface area (Å²) in [5, 5.41) is 20.7. The van der Waals surface area contributed by atoms with E-state index < -0.39 is 16.8 Å². The third-order valence-corrected chi connectivity index (χ3v) is 3.04. The van der Waals surface area contributed by atoms with Crippen molar-refractivity contribution in [3.05, 3.63) is 75.6 Å². The number of rotatable bonds is 5. The number of aryl methyl sites for hydroxylation is 1. The summed E-state index contributed by atoms with van der Waals surface area (Å²) in [5.41, 5.74) is 1.01. The molecule has 20 heavy (non-hydrogen) atoms. The van der Waals surface area contributed by atoms with Gasteiger partial charge in [0.2, 0.25) is 0 Å². The van der Waals surface area contributed by atoms with Crippen LogP contribution in [0.1, 0.15) is 23.7 Å². The average Bonchev–Trinajstić information content (AvgIpc) is 2.45. The van der Waals surface area contributed by atoms with Gasteiger partial charge in [-0.3, -0.25) is 10.1 Å². The smallest absolute Gasteiger partial charge is 0.272 e. The van der Waals surface area contributed by atoms with E-state index in [0.717, 1.165) is 11.6 Å². The van der Waals surface area contributed by atoms with Gasteiger partial charge < -0.3 is 5.11 Å². The van der Waals surface area contributed by atoms with Gasteiger partial charge >= 0.3 is 0 Å². The highest BCUT2D eigenvalue weighted by molar-refractivity contribution is 5.35. The number of nitrogens with zero attached hydrogens (tertiary/aromatic N) is 1. The summed E-state index contributed by atoms with van der Waals surface area (Å²) in [7, 11) is 0. The molecule has 2 rings (SSSR count). The first kappa shape index (κ1) is 14.1. The molecule has 4 nitrogen and oxygen atoms in total. The van der Waals surface area contributed by atoms with Crippen molar-refractivity contribution in [2.75, 3.05) is 0 Å². The Morgan fingerprint density at radius 3 is 2.55 bits per heavy atom. The summed E-state index contributed by atoms with van der Waals surface area (Å²) in [6.07, 6.45) is 0.0813. The molecule has 1 atom stereocenters. The standard InChI is InChI=1S/C15H14FNO3/c16-13-8-11(9-14(10-13)17(19)20)6-7-15(18)12-4-2-1-3-5-12/h1-5,8-10,15,18H,6-7H2. The van der Waals surface area contributed by atoms with Gasteiger partial charge in [-0.1, -0.05) is 30.3 Å². The highest BCUT2D eigenvalue weighted by Crippen LogP contribution is 2.22. The van der Waals surface area contributed by atoms with Gasteiger partial charge in [0.1, 0.15) is 5.82 Å². The molecule has 0 aliphatic rings. The van der Waals surface area contributed by atoms with Crippen LogP contribution in [0.5, 0.6) is 0 Å². The van der Waals surface area contributed by atoms with E-state index in [4.69, 9.17) is 0 Å². The largest absolute Gasteiger partial charge is 0.388 e. The Morgan fingerprint density at radius 1 is 1.20 bits per heavy atom. The van der Waals surface area contributed by atoms with Crippen molar-refractivity contribution in [3.8, 4) is 0 Å². The topological polar surface area (TPSA) is 63.4 Å². The van der Waals surface area contributed by atoms with E-state index in [1.807, 2.05) is 18.2 Å². The molecule has 0 aromatic heterocycles. The molecule has 0 radical (unpaired) electrons. The number of hydrogen-bond donors (Lipinski definition) is 1. The third-order valence-electron chi connectivity index (χ3n) is 3.04. The van der Waals surface area contributed by atoms with Crippen molar-refractivity contribution >= 4 is 5.69 Å². The van der Waals surface area contributed by atoms with Gasteiger partial charge in [-0.2, -0.15) is 0 Å². The maximum absolute atomic E-state index is 13.3. The summed E-state index contributed by atoms with van der Waals surface area (Å²) >= 11 is 0. The van der Waals surface area contributed by atoms with Gasteiger partial charge in [-0.25, -0.2) is 4.39 Å². The second-order valence-corrected chi connectivity index (χ2v) is 4.54. The van der Waals surface area contributed by atoms with Gasteiger partial charge in [0, 0.05) is 6.07 Å². The second-order valence-electron chi connectivity index (χ2n) is 4.54. The molecule has 1 unspecified atom stereocenters. The minimum absolute atomic E-state index is 0.269. The molecule has 0 fully saturated rings. The van der Waals surface area contributed by atoms with Crippen molar-refractivity contribution < 1.29 is 14.4 Å². The number of aliphatic hydroxyl groups excluding tert-OH is 1. The molecule has 0 spiro atoms. The lowest BCUT2D eigenvalue weighted by Crippen LogP contribution is -2.00. The molecule has 2 aromatic rings. The Bertz CT molecular complexity index is 601. The van der Waals surface area contributed by atoms with Crippen LogP contribution in [0, 0.1) is 15.9 Å². The molecule has 104 valence electrons. The lowest BCUT2D eigenvalue weighted by Gasteiger charge is -2.10. The van der Waals surface area contributed by atoms with Gasteiger partial charge in [-0.05, 0) is 30.0 Å². The molecule has 0 saturated heterocycles. The highest BCUT2D eigenvalue weighted by atomic mass is 19.1. The minimum atomic E-state index is -0.668. The molecular formula is C15H14FNO3. The normalized spacial score (nSPS) is 12.1. The van der Waals surface area contributed by atoms with Crippen LogP contribution in [-0.4, -0.2) is 10.0 Å². The number of non-ortho nitro benzene ring substituents is 1. The fourth-order valence-corrected chi connectivity index (χ4v) is 2.03. The zero-order valence-corrected chi connectivity index (χ0v) is 10.7. The van der Waals surface area contributed by atoms with E-state index in [0.29, 0.717) is 18.4 Å². The first-order valence-electron chi connectivity index (χ1n) is 6.23. The lowest BCUT2D eigenvalue weighted by molar-refractivity contribution is -0.385. The van der Waals surface area contributed by atoms with E-state index in [-0.39, 0.29) is 5.69 Å². The molecule has 0 heterocycles. The maximum atomic E-state index is 13.3. The van der Waals surface area contributed by atoms with Crippen LogP contribution in [-0.2, 0) is 6.42 Å². The van der Waals surface area contributed by atoms with E-state index >= 15 is 0 Å². The van der Waals surface area contributed by atoms with Crippen LogP contribution < -0.4 is 0 Å². The molecule has 5 heteroatoms. The number of benzene rings is 2. The lowest BCUT2D eigenvalue weighted by atomic mass is 10.0.